The van der Waals surface area contributed by atoms with Crippen LogP contribution in [-0.2, 0) is 24.9 Å². The van der Waals surface area contributed by atoms with Crippen molar-refractivity contribution in [1.29, 1.82) is 0 Å². The minimum atomic E-state index is 0.597. The molecule has 0 aliphatic rings. The third-order valence-electron chi connectivity index (χ3n) is 3.85. The fraction of sp³-hybridized carbons (Fsp3) is 0.474. The lowest BCUT2D eigenvalue weighted by atomic mass is 10.2. The van der Waals surface area contributed by atoms with Gasteiger partial charge in [0, 0.05) is 32.9 Å². The molecular weight excluding hydrogens is 330 g/mol. The number of rotatable bonds is 10. The van der Waals surface area contributed by atoms with E-state index in [2.05, 4.69) is 27.6 Å². The highest BCUT2D eigenvalue weighted by molar-refractivity contribution is 5.79. The standard InChI is InChI=1S/C19H29N5O2/c1-4-20-19(22-14-17-10-12-23-24(17)2)21-11-5-13-26-15-16-6-8-18(25-3)9-7-16/h6-10,12H,4-5,11,13-15H2,1-3H3,(H2,20,21,22). The molecule has 0 amide bonds. The predicted octanol–water partition coefficient (Wildman–Crippen LogP) is 2.09. The van der Waals surface area contributed by atoms with Gasteiger partial charge in [-0.1, -0.05) is 12.1 Å². The first-order valence-corrected chi connectivity index (χ1v) is 8.92. The Morgan fingerprint density at radius 1 is 1.19 bits per heavy atom. The van der Waals surface area contributed by atoms with E-state index in [9.17, 15) is 0 Å². The molecule has 0 saturated carbocycles. The molecule has 0 saturated heterocycles. The molecule has 0 bridgehead atoms. The number of hydrogen-bond donors (Lipinski definition) is 2. The van der Waals surface area contributed by atoms with Gasteiger partial charge in [0.05, 0.1) is 26.0 Å². The molecule has 0 aliphatic carbocycles. The van der Waals surface area contributed by atoms with Gasteiger partial charge >= 0.3 is 0 Å². The minimum Gasteiger partial charge on any atom is -0.497 e. The maximum Gasteiger partial charge on any atom is 0.191 e. The number of hydrogen-bond acceptors (Lipinski definition) is 4. The van der Waals surface area contributed by atoms with Gasteiger partial charge in [-0.3, -0.25) is 4.68 Å². The number of benzene rings is 1. The Kier molecular flexibility index (Phi) is 8.48. The molecule has 0 atom stereocenters. The number of nitrogens with zero attached hydrogens (tertiary/aromatic N) is 3. The van der Waals surface area contributed by atoms with Crippen LogP contribution < -0.4 is 15.4 Å². The summed E-state index contributed by atoms with van der Waals surface area (Å²) in [5.41, 5.74) is 2.22. The van der Waals surface area contributed by atoms with Gasteiger partial charge in [0.1, 0.15) is 5.75 Å². The summed E-state index contributed by atoms with van der Waals surface area (Å²) in [6.07, 6.45) is 2.69. The summed E-state index contributed by atoms with van der Waals surface area (Å²) in [6, 6.07) is 9.90. The van der Waals surface area contributed by atoms with E-state index < -0.39 is 0 Å². The highest BCUT2D eigenvalue weighted by atomic mass is 16.5. The van der Waals surface area contributed by atoms with E-state index in [1.54, 1.807) is 13.3 Å². The lowest BCUT2D eigenvalue weighted by Gasteiger charge is -2.11. The van der Waals surface area contributed by atoms with Crippen LogP contribution in [-0.4, -0.2) is 42.5 Å². The van der Waals surface area contributed by atoms with Crippen LogP contribution in [0.4, 0.5) is 0 Å². The molecule has 1 heterocycles. The van der Waals surface area contributed by atoms with Gasteiger partial charge in [-0.25, -0.2) is 4.99 Å². The average molecular weight is 359 g/mol. The van der Waals surface area contributed by atoms with Crippen LogP contribution in [0.25, 0.3) is 0 Å². The van der Waals surface area contributed by atoms with E-state index in [4.69, 9.17) is 9.47 Å². The molecule has 2 aromatic rings. The number of aromatic nitrogens is 2. The summed E-state index contributed by atoms with van der Waals surface area (Å²) in [5, 5.41) is 10.7. The molecule has 0 fully saturated rings. The summed E-state index contributed by atoms with van der Waals surface area (Å²) in [6.45, 7) is 5.59. The van der Waals surface area contributed by atoms with E-state index in [1.807, 2.05) is 42.1 Å². The molecule has 7 nitrogen and oxygen atoms in total. The van der Waals surface area contributed by atoms with Gasteiger partial charge in [0.25, 0.3) is 0 Å². The van der Waals surface area contributed by atoms with Crippen molar-refractivity contribution in [3.8, 4) is 5.75 Å². The Bertz CT molecular complexity index is 667. The molecule has 0 unspecified atom stereocenters. The van der Waals surface area contributed by atoms with Gasteiger partial charge in [-0.15, -0.1) is 0 Å². The molecule has 0 spiro atoms. The van der Waals surface area contributed by atoms with Crippen molar-refractivity contribution >= 4 is 5.96 Å². The van der Waals surface area contributed by atoms with Crippen LogP contribution in [0, 0.1) is 0 Å². The second kappa shape index (κ2) is 11.1. The Morgan fingerprint density at radius 3 is 2.65 bits per heavy atom. The largest absolute Gasteiger partial charge is 0.497 e. The molecule has 1 aromatic carbocycles. The lowest BCUT2D eigenvalue weighted by molar-refractivity contribution is 0.119. The fourth-order valence-electron chi connectivity index (χ4n) is 2.35. The molecule has 1 aromatic heterocycles. The Labute approximate surface area is 155 Å². The molecule has 142 valence electrons. The normalized spacial score (nSPS) is 11.4. The second-order valence-electron chi connectivity index (χ2n) is 5.82. The summed E-state index contributed by atoms with van der Waals surface area (Å²) < 4.78 is 12.7. The van der Waals surface area contributed by atoms with Crippen LogP contribution in [0.1, 0.15) is 24.6 Å². The first-order valence-electron chi connectivity index (χ1n) is 8.92. The molecule has 26 heavy (non-hydrogen) atoms. The van der Waals surface area contributed by atoms with E-state index in [0.29, 0.717) is 19.8 Å². The zero-order valence-electron chi connectivity index (χ0n) is 15.9. The van der Waals surface area contributed by atoms with Gasteiger partial charge in [-0.05, 0) is 37.1 Å². The average Bonchev–Trinajstić information content (AvgIpc) is 3.07. The SMILES string of the molecule is CCNC(=NCc1ccnn1C)NCCCOCc1ccc(OC)cc1. The predicted molar refractivity (Wildman–Crippen MR) is 103 cm³/mol. The van der Waals surface area contributed by atoms with Crippen molar-refractivity contribution in [1.82, 2.24) is 20.4 Å². The van der Waals surface area contributed by atoms with Gasteiger partial charge in [-0.2, -0.15) is 5.10 Å². The third kappa shape index (κ3) is 6.76. The highest BCUT2D eigenvalue weighted by Gasteiger charge is 2.00. The first-order chi connectivity index (χ1) is 12.7. The fourth-order valence-corrected chi connectivity index (χ4v) is 2.35. The Hall–Kier alpha value is -2.54. The van der Waals surface area contributed by atoms with E-state index in [0.717, 1.165) is 42.5 Å². The zero-order chi connectivity index (χ0) is 18.6. The minimum absolute atomic E-state index is 0.597. The van der Waals surface area contributed by atoms with Crippen LogP contribution in [0.2, 0.25) is 0 Å². The first kappa shape index (κ1) is 19.8. The van der Waals surface area contributed by atoms with Crippen molar-refractivity contribution < 1.29 is 9.47 Å². The van der Waals surface area contributed by atoms with Crippen LogP contribution >= 0.6 is 0 Å². The number of nitrogens with one attached hydrogen (secondary N) is 2. The summed E-state index contributed by atoms with van der Waals surface area (Å²) in [7, 11) is 3.59. The van der Waals surface area contributed by atoms with Crippen molar-refractivity contribution in [3.05, 3.63) is 47.8 Å². The molecule has 0 radical (unpaired) electrons. The summed E-state index contributed by atoms with van der Waals surface area (Å²) in [4.78, 5) is 4.58. The number of aliphatic imine (C=N–C) groups is 1. The number of guanidine groups is 1. The third-order valence-corrected chi connectivity index (χ3v) is 3.85. The maximum atomic E-state index is 5.72. The quantitative estimate of drug-likeness (QED) is 0.386. The van der Waals surface area contributed by atoms with Crippen LogP contribution in [0.15, 0.2) is 41.5 Å². The van der Waals surface area contributed by atoms with E-state index in [1.165, 1.54) is 0 Å². The topological polar surface area (TPSA) is 72.7 Å². The van der Waals surface area contributed by atoms with Crippen molar-refractivity contribution in [3.63, 3.8) is 0 Å². The van der Waals surface area contributed by atoms with Crippen molar-refractivity contribution in [2.75, 3.05) is 26.8 Å². The van der Waals surface area contributed by atoms with E-state index >= 15 is 0 Å². The van der Waals surface area contributed by atoms with Gasteiger partial charge in [0.15, 0.2) is 5.96 Å². The molecular formula is C19H29N5O2. The molecule has 2 N–H and O–H groups in total. The second-order valence-corrected chi connectivity index (χ2v) is 5.82. The number of ether oxygens (including phenoxy) is 2. The lowest BCUT2D eigenvalue weighted by Crippen LogP contribution is -2.38. The molecule has 2 rings (SSSR count). The Morgan fingerprint density at radius 2 is 2.00 bits per heavy atom. The Balaban J connectivity index is 1.64. The maximum absolute atomic E-state index is 5.72. The van der Waals surface area contributed by atoms with Crippen LogP contribution in [0.3, 0.4) is 0 Å². The zero-order valence-corrected chi connectivity index (χ0v) is 15.9. The van der Waals surface area contributed by atoms with E-state index in [-0.39, 0.29) is 0 Å². The van der Waals surface area contributed by atoms with Gasteiger partial charge in [0.2, 0.25) is 0 Å². The highest BCUT2D eigenvalue weighted by Crippen LogP contribution is 2.11. The van der Waals surface area contributed by atoms with Gasteiger partial charge < -0.3 is 20.1 Å². The molecule has 0 aliphatic heterocycles. The van der Waals surface area contributed by atoms with Crippen molar-refractivity contribution in [2.24, 2.45) is 12.0 Å². The van der Waals surface area contributed by atoms with Crippen molar-refractivity contribution in [2.45, 2.75) is 26.5 Å². The molecule has 7 heteroatoms. The smallest absolute Gasteiger partial charge is 0.191 e. The number of aryl methyl sites for hydroxylation is 1. The summed E-state index contributed by atoms with van der Waals surface area (Å²) in [5.74, 6) is 1.67. The monoisotopic (exact) mass is 359 g/mol. The van der Waals surface area contributed by atoms with Crippen LogP contribution in [0.5, 0.6) is 5.75 Å². The summed E-state index contributed by atoms with van der Waals surface area (Å²) >= 11 is 0. The number of methoxy groups -OCH3 is 1.